The van der Waals surface area contributed by atoms with Crippen molar-refractivity contribution >= 4 is 9.84 Å². The number of piperidine rings is 1. The fourth-order valence-corrected chi connectivity index (χ4v) is 8.33. The smallest absolute Gasteiger partial charge is 0.299 e. The van der Waals surface area contributed by atoms with E-state index in [9.17, 15) is 30.4 Å². The summed E-state index contributed by atoms with van der Waals surface area (Å²) in [6, 6.07) is 1.17. The van der Waals surface area contributed by atoms with Crippen molar-refractivity contribution in [2.45, 2.75) is 63.2 Å². The molecule has 2 aliphatic carbocycles. The van der Waals surface area contributed by atoms with Crippen molar-refractivity contribution in [2.24, 2.45) is 17.3 Å². The predicted octanol–water partition coefficient (Wildman–Crippen LogP) is 4.07. The third-order valence-electron chi connectivity index (χ3n) is 8.11. The van der Waals surface area contributed by atoms with Crippen molar-refractivity contribution in [3.05, 3.63) is 28.9 Å². The first-order valence-electron chi connectivity index (χ1n) is 11.0. The zero-order valence-corrected chi connectivity index (χ0v) is 18.3. The second-order valence-electron chi connectivity index (χ2n) is 9.85. The number of sulfone groups is 1. The van der Waals surface area contributed by atoms with Crippen molar-refractivity contribution in [2.75, 3.05) is 18.8 Å². The Morgan fingerprint density at radius 2 is 1.91 bits per heavy atom. The van der Waals surface area contributed by atoms with Crippen LogP contribution < -0.4 is 0 Å². The van der Waals surface area contributed by atoms with Crippen LogP contribution in [-0.2, 0) is 22.6 Å². The number of fused-ring (bicyclic) bond motifs is 1. The molecule has 0 bridgehead atoms. The number of hydrogen-bond donors (Lipinski definition) is 0. The average Bonchev–Trinajstić information content (AvgIpc) is 3.02. The Morgan fingerprint density at radius 1 is 1.22 bits per heavy atom. The summed E-state index contributed by atoms with van der Waals surface area (Å²) in [7, 11) is -3.24. The van der Waals surface area contributed by atoms with Gasteiger partial charge in [-0.1, -0.05) is 6.58 Å². The molecule has 1 aromatic rings. The van der Waals surface area contributed by atoms with Gasteiger partial charge in [-0.2, -0.15) is 18.3 Å². The molecule has 5 nitrogen and oxygen atoms in total. The van der Waals surface area contributed by atoms with Gasteiger partial charge in [-0.25, -0.2) is 17.2 Å². The summed E-state index contributed by atoms with van der Waals surface area (Å²) in [5, 5.41) is 3.42. The van der Waals surface area contributed by atoms with Crippen molar-refractivity contribution in [3.63, 3.8) is 0 Å². The van der Waals surface area contributed by atoms with Gasteiger partial charge in [0.25, 0.3) is 6.43 Å². The van der Waals surface area contributed by atoms with E-state index in [2.05, 4.69) is 16.6 Å². The summed E-state index contributed by atoms with van der Waals surface area (Å²) in [6.07, 6.45) is -3.57. The largest absolute Gasteiger partial charge is 0.435 e. The monoisotopic (exact) mass is 479 g/mol. The molecule has 0 N–H and O–H groups in total. The van der Waals surface area contributed by atoms with Gasteiger partial charge in [-0.05, 0) is 56.6 Å². The van der Waals surface area contributed by atoms with E-state index in [0.29, 0.717) is 17.9 Å². The summed E-state index contributed by atoms with van der Waals surface area (Å²) in [6.45, 7) is 4.58. The van der Waals surface area contributed by atoms with Crippen molar-refractivity contribution in [1.82, 2.24) is 14.7 Å². The molecule has 2 aliphatic heterocycles. The molecule has 2 saturated carbocycles. The molecular formula is C21H26F5N3O2S. The van der Waals surface area contributed by atoms with Gasteiger partial charge < -0.3 is 0 Å². The molecule has 2 saturated heterocycles. The van der Waals surface area contributed by atoms with Gasteiger partial charge in [0.15, 0.2) is 15.5 Å². The normalized spacial score (nSPS) is 36.9. The lowest BCUT2D eigenvalue weighted by atomic mass is 9.77. The van der Waals surface area contributed by atoms with E-state index in [1.165, 1.54) is 0 Å². The number of nitrogens with zero attached hydrogens (tertiary/aromatic N) is 3. The van der Waals surface area contributed by atoms with Crippen LogP contribution in [0.2, 0.25) is 0 Å². The number of halogens is 5. The molecule has 5 atom stereocenters. The first-order valence-corrected chi connectivity index (χ1v) is 12.7. The maximum atomic E-state index is 13.1. The van der Waals surface area contributed by atoms with Gasteiger partial charge in [-0.3, -0.25) is 9.58 Å². The lowest BCUT2D eigenvalue weighted by Crippen LogP contribution is -2.47. The van der Waals surface area contributed by atoms with Crippen molar-refractivity contribution in [1.29, 1.82) is 0 Å². The molecule has 5 rings (SSSR count). The molecule has 0 amide bonds. The zero-order chi connectivity index (χ0) is 23.1. The highest BCUT2D eigenvalue weighted by Crippen LogP contribution is 2.64. The second-order valence-corrected chi connectivity index (χ2v) is 12.0. The Bertz CT molecular complexity index is 1020. The number of hydrogen-bond acceptors (Lipinski definition) is 4. The SMILES string of the molecule is C=C1[C@@]2(CCCN(C3C[C@@H]4C(c5cc(C(F)(F)F)nn5CC(F)F)[C@@H]4C3)C2)CCS1(=O)=O. The Labute approximate surface area is 183 Å². The highest BCUT2D eigenvalue weighted by Gasteiger charge is 2.60. The minimum Gasteiger partial charge on any atom is -0.299 e. The third-order valence-corrected chi connectivity index (χ3v) is 10.0. The van der Waals surface area contributed by atoms with Gasteiger partial charge >= 0.3 is 6.18 Å². The minimum absolute atomic E-state index is 0.146. The average molecular weight is 480 g/mol. The summed E-state index contributed by atoms with van der Waals surface area (Å²) >= 11 is 0. The highest BCUT2D eigenvalue weighted by atomic mass is 32.2. The molecule has 4 fully saturated rings. The molecular weight excluding hydrogens is 453 g/mol. The van der Waals surface area contributed by atoms with Crippen LogP contribution in [0.15, 0.2) is 17.6 Å². The van der Waals surface area contributed by atoms with Crippen LogP contribution in [-0.4, -0.2) is 54.4 Å². The van der Waals surface area contributed by atoms with Gasteiger partial charge in [-0.15, -0.1) is 0 Å². The van der Waals surface area contributed by atoms with Crippen molar-refractivity contribution < 1.29 is 30.4 Å². The van der Waals surface area contributed by atoms with Gasteiger partial charge in [0.2, 0.25) is 0 Å². The van der Waals surface area contributed by atoms with E-state index in [1.807, 2.05) is 0 Å². The summed E-state index contributed by atoms with van der Waals surface area (Å²) < 4.78 is 90.5. The molecule has 0 aromatic carbocycles. The number of rotatable bonds is 4. The van der Waals surface area contributed by atoms with Crippen LogP contribution in [0.4, 0.5) is 22.0 Å². The highest BCUT2D eigenvalue weighted by molar-refractivity contribution is 7.95. The summed E-state index contributed by atoms with van der Waals surface area (Å²) in [4.78, 5) is 2.68. The number of aromatic nitrogens is 2. The topological polar surface area (TPSA) is 55.2 Å². The Balaban J connectivity index is 1.29. The maximum Gasteiger partial charge on any atom is 0.435 e. The first kappa shape index (κ1) is 22.3. The molecule has 11 heteroatoms. The van der Waals surface area contributed by atoms with Crippen LogP contribution >= 0.6 is 0 Å². The first-order chi connectivity index (χ1) is 14.9. The van der Waals surface area contributed by atoms with E-state index in [1.54, 1.807) is 0 Å². The van der Waals surface area contributed by atoms with E-state index >= 15 is 0 Å². The van der Waals surface area contributed by atoms with E-state index in [0.717, 1.165) is 43.0 Å². The summed E-state index contributed by atoms with van der Waals surface area (Å²) in [5.41, 5.74) is -1.24. The maximum absolute atomic E-state index is 13.1. The molecule has 1 spiro atoms. The van der Waals surface area contributed by atoms with E-state index < -0.39 is 34.7 Å². The van der Waals surface area contributed by atoms with Crippen LogP contribution in [0.1, 0.15) is 49.4 Å². The number of alkyl halides is 5. The minimum atomic E-state index is -4.67. The molecule has 3 heterocycles. The molecule has 32 heavy (non-hydrogen) atoms. The van der Waals surface area contributed by atoms with E-state index in [-0.39, 0.29) is 40.7 Å². The fourth-order valence-electron chi connectivity index (χ4n) is 6.50. The van der Waals surface area contributed by atoms with Crippen molar-refractivity contribution in [3.8, 4) is 0 Å². The molecule has 2 unspecified atom stereocenters. The predicted molar refractivity (Wildman–Crippen MR) is 107 cm³/mol. The molecule has 178 valence electrons. The Hall–Kier alpha value is -1.49. The molecule has 4 aliphatic rings. The van der Waals surface area contributed by atoms with Gasteiger partial charge in [0.1, 0.15) is 6.54 Å². The Morgan fingerprint density at radius 3 is 2.47 bits per heavy atom. The van der Waals surface area contributed by atoms with Crippen LogP contribution in [0.25, 0.3) is 0 Å². The van der Waals surface area contributed by atoms with Gasteiger partial charge in [0.05, 0.1) is 5.75 Å². The lowest BCUT2D eigenvalue weighted by molar-refractivity contribution is -0.141. The zero-order valence-electron chi connectivity index (χ0n) is 17.5. The Kier molecular flexibility index (Phi) is 5.06. The van der Waals surface area contributed by atoms with Crippen LogP contribution in [0.3, 0.4) is 0 Å². The second kappa shape index (κ2) is 7.25. The quantitative estimate of drug-likeness (QED) is 0.611. The lowest BCUT2D eigenvalue weighted by Gasteiger charge is -2.43. The van der Waals surface area contributed by atoms with Gasteiger partial charge in [0, 0.05) is 34.5 Å². The summed E-state index contributed by atoms with van der Waals surface area (Å²) in [5.74, 6) is 0.284. The van der Waals surface area contributed by atoms with E-state index in [4.69, 9.17) is 0 Å². The van der Waals surface area contributed by atoms with Crippen LogP contribution in [0.5, 0.6) is 0 Å². The number of likely N-dealkylation sites (tertiary alicyclic amines) is 1. The molecule has 0 radical (unpaired) electrons. The fraction of sp³-hybridized carbons (Fsp3) is 0.762. The van der Waals surface area contributed by atoms with Crippen LogP contribution in [0, 0.1) is 17.3 Å². The standard InChI is InChI=1S/C21H26F5N3O2S/c1-12-20(4-6-32(12,30)31)3-2-5-28(11-20)13-7-14-15(8-13)19(14)16-9-17(21(24,25)26)27-29(16)10-18(22)23/h9,13-15,18-19H,1-8,10-11H2/t13?,14-,15+,19?,20-/m0/s1. The molecule has 1 aromatic heterocycles. The third kappa shape index (κ3) is 3.59.